The predicted molar refractivity (Wildman–Crippen MR) is 103 cm³/mol. The minimum Gasteiger partial charge on any atom is -0.349 e. The van der Waals surface area contributed by atoms with E-state index in [0.29, 0.717) is 16.4 Å². The highest BCUT2D eigenvalue weighted by atomic mass is 35.5. The van der Waals surface area contributed by atoms with E-state index in [9.17, 15) is 9.59 Å². The van der Waals surface area contributed by atoms with Crippen LogP contribution in [0.5, 0.6) is 0 Å². The number of halogens is 1. The number of carbonyl (C=O) groups excluding carboxylic acids is 2. The first-order valence-corrected chi connectivity index (χ1v) is 8.67. The molecule has 0 radical (unpaired) electrons. The summed E-state index contributed by atoms with van der Waals surface area (Å²) in [5, 5.41) is 10.2. The summed E-state index contributed by atoms with van der Waals surface area (Å²) in [6.45, 7) is 1.42. The molecular weight excluding hydrogens is 366 g/mol. The van der Waals surface area contributed by atoms with E-state index in [1.807, 2.05) is 30.3 Å². The molecule has 27 heavy (non-hydrogen) atoms. The summed E-state index contributed by atoms with van der Waals surface area (Å²) < 4.78 is 1.54. The van der Waals surface area contributed by atoms with Crippen molar-refractivity contribution in [3.8, 4) is 5.69 Å². The SMILES string of the molecule is CC(=O)N[C@H](CC(=O)Nc1cc(Cl)ccc1-n1cncn1)c1ccccc1. The lowest BCUT2D eigenvalue weighted by Crippen LogP contribution is -2.29. The Labute approximate surface area is 161 Å². The van der Waals surface area contributed by atoms with Crippen LogP contribution in [0.25, 0.3) is 5.69 Å². The Kier molecular flexibility index (Phi) is 5.83. The lowest BCUT2D eigenvalue weighted by Gasteiger charge is -2.19. The molecule has 0 saturated heterocycles. The Hall–Kier alpha value is -3.19. The number of anilines is 1. The van der Waals surface area contributed by atoms with E-state index in [1.165, 1.54) is 24.3 Å². The minimum absolute atomic E-state index is 0.0763. The fraction of sp³-hybridized carbons (Fsp3) is 0.158. The number of amides is 2. The molecule has 1 aromatic heterocycles. The quantitative estimate of drug-likeness (QED) is 0.684. The fourth-order valence-corrected chi connectivity index (χ4v) is 2.88. The molecule has 0 unspecified atom stereocenters. The molecule has 3 aromatic rings. The van der Waals surface area contributed by atoms with Gasteiger partial charge in [0.25, 0.3) is 0 Å². The summed E-state index contributed by atoms with van der Waals surface area (Å²) in [5.74, 6) is -0.469. The molecule has 0 spiro atoms. The molecule has 0 aliphatic rings. The number of carbonyl (C=O) groups is 2. The number of nitrogens with zero attached hydrogens (tertiary/aromatic N) is 3. The molecule has 0 saturated carbocycles. The number of benzene rings is 2. The smallest absolute Gasteiger partial charge is 0.226 e. The van der Waals surface area contributed by atoms with Gasteiger partial charge in [-0.05, 0) is 23.8 Å². The van der Waals surface area contributed by atoms with E-state index in [4.69, 9.17) is 11.6 Å². The van der Waals surface area contributed by atoms with Gasteiger partial charge in [0.05, 0.1) is 23.8 Å². The molecule has 0 aliphatic heterocycles. The molecule has 7 nitrogen and oxygen atoms in total. The third-order valence-corrected chi connectivity index (χ3v) is 4.10. The highest BCUT2D eigenvalue weighted by Gasteiger charge is 2.18. The first kappa shape index (κ1) is 18.6. The summed E-state index contributed by atoms with van der Waals surface area (Å²) in [6.07, 6.45) is 3.01. The molecule has 1 atom stereocenters. The van der Waals surface area contributed by atoms with Crippen LogP contribution < -0.4 is 10.6 Å². The van der Waals surface area contributed by atoms with E-state index in [1.54, 1.807) is 18.2 Å². The van der Waals surface area contributed by atoms with Crippen LogP contribution >= 0.6 is 11.6 Å². The zero-order valence-electron chi connectivity index (χ0n) is 14.6. The van der Waals surface area contributed by atoms with Crippen molar-refractivity contribution >= 4 is 29.1 Å². The van der Waals surface area contributed by atoms with Crippen LogP contribution in [0.4, 0.5) is 5.69 Å². The van der Waals surface area contributed by atoms with Crippen molar-refractivity contribution < 1.29 is 9.59 Å². The average Bonchev–Trinajstić information content (AvgIpc) is 3.16. The molecule has 138 valence electrons. The van der Waals surface area contributed by atoms with E-state index in [-0.39, 0.29) is 18.2 Å². The van der Waals surface area contributed by atoms with E-state index in [2.05, 4.69) is 20.7 Å². The predicted octanol–water partition coefficient (Wildman–Crippen LogP) is 3.13. The van der Waals surface area contributed by atoms with Gasteiger partial charge in [-0.2, -0.15) is 5.10 Å². The van der Waals surface area contributed by atoms with Crippen molar-refractivity contribution in [3.63, 3.8) is 0 Å². The van der Waals surface area contributed by atoms with Gasteiger partial charge in [0.15, 0.2) is 0 Å². The lowest BCUT2D eigenvalue weighted by molar-refractivity contribution is -0.120. The molecule has 0 fully saturated rings. The van der Waals surface area contributed by atoms with Crippen molar-refractivity contribution in [1.29, 1.82) is 0 Å². The number of hydrogen-bond acceptors (Lipinski definition) is 4. The van der Waals surface area contributed by atoms with Crippen molar-refractivity contribution in [1.82, 2.24) is 20.1 Å². The second-order valence-electron chi connectivity index (χ2n) is 5.92. The van der Waals surface area contributed by atoms with Crippen LogP contribution in [0.2, 0.25) is 5.02 Å². The van der Waals surface area contributed by atoms with Gasteiger partial charge in [0, 0.05) is 11.9 Å². The number of rotatable bonds is 6. The summed E-state index contributed by atoms with van der Waals surface area (Å²) >= 11 is 6.08. The van der Waals surface area contributed by atoms with Crippen molar-refractivity contribution in [3.05, 3.63) is 71.8 Å². The van der Waals surface area contributed by atoms with Gasteiger partial charge < -0.3 is 10.6 Å². The number of hydrogen-bond donors (Lipinski definition) is 2. The van der Waals surface area contributed by atoms with Crippen LogP contribution in [0, 0.1) is 0 Å². The third-order valence-electron chi connectivity index (χ3n) is 3.87. The normalized spacial score (nSPS) is 11.6. The molecule has 2 aromatic carbocycles. The zero-order valence-corrected chi connectivity index (χ0v) is 15.3. The highest BCUT2D eigenvalue weighted by molar-refractivity contribution is 6.31. The van der Waals surface area contributed by atoms with Gasteiger partial charge >= 0.3 is 0 Å². The van der Waals surface area contributed by atoms with Crippen molar-refractivity contribution in [2.24, 2.45) is 0 Å². The first-order valence-electron chi connectivity index (χ1n) is 8.29. The third kappa shape index (κ3) is 4.92. The standard InChI is InChI=1S/C19H18ClN5O2/c1-13(26)23-16(14-5-3-2-4-6-14)10-19(27)24-17-9-15(20)7-8-18(17)25-12-21-11-22-25/h2-9,11-12,16H,10H2,1H3,(H,23,26)(H,24,27)/t16-/m1/s1. The van der Waals surface area contributed by atoms with Gasteiger partial charge in [-0.25, -0.2) is 9.67 Å². The van der Waals surface area contributed by atoms with Crippen LogP contribution in [0.3, 0.4) is 0 Å². The lowest BCUT2D eigenvalue weighted by atomic mass is 10.0. The second-order valence-corrected chi connectivity index (χ2v) is 6.35. The van der Waals surface area contributed by atoms with Crippen molar-refractivity contribution in [2.45, 2.75) is 19.4 Å². The van der Waals surface area contributed by atoms with Crippen LogP contribution in [0.1, 0.15) is 24.9 Å². The second kappa shape index (κ2) is 8.46. The fourth-order valence-electron chi connectivity index (χ4n) is 2.71. The van der Waals surface area contributed by atoms with Gasteiger partial charge in [-0.15, -0.1) is 0 Å². The number of nitrogens with one attached hydrogen (secondary N) is 2. The molecule has 2 N–H and O–H groups in total. The van der Waals surface area contributed by atoms with Gasteiger partial charge in [-0.3, -0.25) is 9.59 Å². The maximum Gasteiger partial charge on any atom is 0.226 e. The van der Waals surface area contributed by atoms with Crippen LogP contribution in [-0.2, 0) is 9.59 Å². The van der Waals surface area contributed by atoms with Gasteiger partial charge in [0.1, 0.15) is 12.7 Å². The monoisotopic (exact) mass is 383 g/mol. The molecule has 1 heterocycles. The Bertz CT molecular complexity index is 929. The topological polar surface area (TPSA) is 88.9 Å². The molecule has 0 bridgehead atoms. The average molecular weight is 384 g/mol. The first-order chi connectivity index (χ1) is 13.0. The van der Waals surface area contributed by atoms with Crippen LogP contribution in [-0.4, -0.2) is 26.6 Å². The Morgan fingerprint density at radius 1 is 1.19 bits per heavy atom. The maximum atomic E-state index is 12.7. The summed E-state index contributed by atoms with van der Waals surface area (Å²) in [7, 11) is 0. The van der Waals surface area contributed by atoms with E-state index < -0.39 is 6.04 Å². The molecule has 8 heteroatoms. The summed E-state index contributed by atoms with van der Waals surface area (Å²) in [4.78, 5) is 28.1. The van der Waals surface area contributed by atoms with Crippen LogP contribution in [0.15, 0.2) is 61.2 Å². The minimum atomic E-state index is -0.433. The molecular formula is C19H18ClN5O2. The summed E-state index contributed by atoms with van der Waals surface area (Å²) in [5.41, 5.74) is 2.00. The molecule has 0 aliphatic carbocycles. The Morgan fingerprint density at radius 3 is 2.63 bits per heavy atom. The van der Waals surface area contributed by atoms with Gasteiger partial charge in [-0.1, -0.05) is 41.9 Å². The molecule has 2 amide bonds. The van der Waals surface area contributed by atoms with E-state index >= 15 is 0 Å². The maximum absolute atomic E-state index is 12.7. The Balaban J connectivity index is 1.80. The highest BCUT2D eigenvalue weighted by Crippen LogP contribution is 2.25. The zero-order chi connectivity index (χ0) is 19.2. The van der Waals surface area contributed by atoms with E-state index in [0.717, 1.165) is 5.56 Å². The van der Waals surface area contributed by atoms with Gasteiger partial charge in [0.2, 0.25) is 11.8 Å². The largest absolute Gasteiger partial charge is 0.349 e. The molecule has 3 rings (SSSR count). The van der Waals surface area contributed by atoms with Crippen molar-refractivity contribution in [2.75, 3.05) is 5.32 Å². The number of aromatic nitrogens is 3. The Morgan fingerprint density at radius 2 is 1.96 bits per heavy atom. The summed E-state index contributed by atoms with van der Waals surface area (Å²) in [6, 6.07) is 14.0.